The van der Waals surface area contributed by atoms with Gasteiger partial charge >= 0.3 is 0 Å². The Hall–Kier alpha value is -1.81. The second-order valence-corrected chi connectivity index (χ2v) is 6.33. The number of anilines is 1. The Balaban J connectivity index is 2.03. The largest absolute Gasteiger partial charge is 0.482 e. The highest BCUT2D eigenvalue weighted by Gasteiger charge is 2.10. The Kier molecular flexibility index (Phi) is 5.24. The SMILES string of the molecule is Cc1cc(C)c(OCC(=O)Nc2cccc(C)c2C)c(Br)c1. The number of rotatable bonds is 4. The fourth-order valence-corrected chi connectivity index (χ4v) is 3.08. The first-order chi connectivity index (χ1) is 10.4. The van der Waals surface area contributed by atoms with Gasteiger partial charge in [-0.1, -0.05) is 18.2 Å². The molecule has 0 spiro atoms. The van der Waals surface area contributed by atoms with E-state index in [9.17, 15) is 4.79 Å². The lowest BCUT2D eigenvalue weighted by molar-refractivity contribution is -0.118. The van der Waals surface area contributed by atoms with Crippen molar-refractivity contribution in [3.63, 3.8) is 0 Å². The number of hydrogen-bond acceptors (Lipinski definition) is 2. The summed E-state index contributed by atoms with van der Waals surface area (Å²) in [6.07, 6.45) is 0. The molecule has 0 aliphatic rings. The zero-order chi connectivity index (χ0) is 16.3. The molecule has 1 N–H and O–H groups in total. The van der Waals surface area contributed by atoms with Crippen molar-refractivity contribution in [3.05, 3.63) is 57.1 Å². The molecule has 2 aromatic carbocycles. The van der Waals surface area contributed by atoms with Crippen molar-refractivity contribution in [2.45, 2.75) is 27.7 Å². The molecule has 0 bridgehead atoms. The summed E-state index contributed by atoms with van der Waals surface area (Å²) in [5, 5.41) is 2.89. The van der Waals surface area contributed by atoms with Crippen LogP contribution in [0.25, 0.3) is 0 Å². The Morgan fingerprint density at radius 2 is 1.86 bits per heavy atom. The van der Waals surface area contributed by atoms with Gasteiger partial charge in [0.25, 0.3) is 5.91 Å². The maximum Gasteiger partial charge on any atom is 0.262 e. The molecule has 4 heteroatoms. The molecule has 0 aliphatic heterocycles. The van der Waals surface area contributed by atoms with Crippen LogP contribution in [0.3, 0.4) is 0 Å². The summed E-state index contributed by atoms with van der Waals surface area (Å²) in [4.78, 5) is 12.1. The summed E-state index contributed by atoms with van der Waals surface area (Å²) in [5.74, 6) is 0.544. The van der Waals surface area contributed by atoms with Gasteiger partial charge in [-0.2, -0.15) is 0 Å². The van der Waals surface area contributed by atoms with E-state index in [4.69, 9.17) is 4.74 Å². The summed E-state index contributed by atoms with van der Waals surface area (Å²) >= 11 is 3.48. The van der Waals surface area contributed by atoms with Crippen LogP contribution in [0.15, 0.2) is 34.8 Å². The molecule has 0 saturated heterocycles. The lowest BCUT2D eigenvalue weighted by Crippen LogP contribution is -2.21. The van der Waals surface area contributed by atoms with Gasteiger partial charge in [-0.3, -0.25) is 4.79 Å². The lowest BCUT2D eigenvalue weighted by Gasteiger charge is -2.13. The molecule has 0 saturated carbocycles. The van der Waals surface area contributed by atoms with Crippen LogP contribution >= 0.6 is 15.9 Å². The smallest absolute Gasteiger partial charge is 0.262 e. The minimum Gasteiger partial charge on any atom is -0.482 e. The molecule has 0 heterocycles. The second-order valence-electron chi connectivity index (χ2n) is 5.48. The number of amides is 1. The molecular formula is C18H20BrNO2. The van der Waals surface area contributed by atoms with Crippen LogP contribution in [0.4, 0.5) is 5.69 Å². The molecule has 0 aromatic heterocycles. The molecule has 2 aromatic rings. The number of carbonyl (C=O) groups is 1. The molecule has 2 rings (SSSR count). The minimum absolute atomic E-state index is 0.0180. The van der Waals surface area contributed by atoms with Crippen LogP contribution in [-0.2, 0) is 4.79 Å². The second kappa shape index (κ2) is 6.97. The van der Waals surface area contributed by atoms with Gasteiger partial charge in [0.05, 0.1) is 4.47 Å². The number of hydrogen-bond donors (Lipinski definition) is 1. The molecule has 0 aliphatic carbocycles. The van der Waals surface area contributed by atoms with Crippen molar-refractivity contribution >= 4 is 27.5 Å². The van der Waals surface area contributed by atoms with E-state index in [0.717, 1.165) is 32.4 Å². The number of benzene rings is 2. The Morgan fingerprint density at radius 1 is 1.14 bits per heavy atom. The van der Waals surface area contributed by atoms with Gasteiger partial charge in [-0.15, -0.1) is 0 Å². The molecule has 0 atom stereocenters. The fourth-order valence-electron chi connectivity index (χ4n) is 2.30. The van der Waals surface area contributed by atoms with Crippen LogP contribution in [0.1, 0.15) is 22.3 Å². The average molecular weight is 362 g/mol. The highest BCUT2D eigenvalue weighted by molar-refractivity contribution is 9.10. The van der Waals surface area contributed by atoms with Crippen molar-refractivity contribution in [1.82, 2.24) is 0 Å². The standard InChI is InChI=1S/C18H20BrNO2/c1-11-8-13(3)18(15(19)9-11)22-10-17(21)20-16-7-5-6-12(2)14(16)4/h5-9H,10H2,1-4H3,(H,20,21). The first-order valence-corrected chi connectivity index (χ1v) is 7.93. The van der Waals surface area contributed by atoms with Gasteiger partial charge in [0.15, 0.2) is 6.61 Å². The molecule has 0 radical (unpaired) electrons. The Labute approximate surface area is 139 Å². The van der Waals surface area contributed by atoms with Gasteiger partial charge in [0, 0.05) is 5.69 Å². The zero-order valence-corrected chi connectivity index (χ0v) is 14.9. The maximum atomic E-state index is 12.1. The minimum atomic E-state index is -0.166. The van der Waals surface area contributed by atoms with Crippen LogP contribution in [0, 0.1) is 27.7 Å². The summed E-state index contributed by atoms with van der Waals surface area (Å²) in [7, 11) is 0. The third-order valence-corrected chi connectivity index (χ3v) is 4.19. The number of nitrogens with one attached hydrogen (secondary N) is 1. The van der Waals surface area contributed by atoms with E-state index < -0.39 is 0 Å². The van der Waals surface area contributed by atoms with Gasteiger partial charge in [0.1, 0.15) is 5.75 Å². The van der Waals surface area contributed by atoms with Crippen molar-refractivity contribution in [2.75, 3.05) is 11.9 Å². The number of ether oxygens (including phenoxy) is 1. The molecular weight excluding hydrogens is 342 g/mol. The van der Waals surface area contributed by atoms with Gasteiger partial charge in [0.2, 0.25) is 0 Å². The predicted molar refractivity (Wildman–Crippen MR) is 93.7 cm³/mol. The molecule has 0 fully saturated rings. The first-order valence-electron chi connectivity index (χ1n) is 7.14. The molecule has 116 valence electrons. The summed E-state index contributed by atoms with van der Waals surface area (Å²) < 4.78 is 6.53. The maximum absolute atomic E-state index is 12.1. The highest BCUT2D eigenvalue weighted by atomic mass is 79.9. The average Bonchev–Trinajstić information content (AvgIpc) is 2.42. The van der Waals surface area contributed by atoms with E-state index >= 15 is 0 Å². The highest BCUT2D eigenvalue weighted by Crippen LogP contribution is 2.30. The van der Waals surface area contributed by atoms with Crippen molar-refractivity contribution in [3.8, 4) is 5.75 Å². The van der Waals surface area contributed by atoms with Crippen LogP contribution < -0.4 is 10.1 Å². The van der Waals surface area contributed by atoms with Crippen LogP contribution in [0.2, 0.25) is 0 Å². The quantitative estimate of drug-likeness (QED) is 0.856. The zero-order valence-electron chi connectivity index (χ0n) is 13.3. The van der Waals surface area contributed by atoms with Crippen molar-refractivity contribution < 1.29 is 9.53 Å². The molecule has 3 nitrogen and oxygen atoms in total. The third-order valence-electron chi connectivity index (χ3n) is 3.60. The number of aryl methyl sites for hydroxylation is 3. The molecule has 22 heavy (non-hydrogen) atoms. The molecule has 0 unspecified atom stereocenters. The van der Waals surface area contributed by atoms with Gasteiger partial charge in [-0.05, 0) is 78.0 Å². The van der Waals surface area contributed by atoms with Gasteiger partial charge < -0.3 is 10.1 Å². The number of carbonyl (C=O) groups excluding carboxylic acids is 1. The Bertz CT molecular complexity index is 687. The summed E-state index contributed by atoms with van der Waals surface area (Å²) in [6.45, 7) is 7.99. The van der Waals surface area contributed by atoms with Crippen LogP contribution in [-0.4, -0.2) is 12.5 Å². The van der Waals surface area contributed by atoms with Crippen molar-refractivity contribution in [1.29, 1.82) is 0 Å². The fraction of sp³-hybridized carbons (Fsp3) is 0.278. The van der Waals surface area contributed by atoms with E-state index in [2.05, 4.69) is 21.2 Å². The number of halogens is 1. The predicted octanol–water partition coefficient (Wildman–Crippen LogP) is 4.70. The third kappa shape index (κ3) is 3.89. The normalized spacial score (nSPS) is 10.4. The first kappa shape index (κ1) is 16.6. The van der Waals surface area contributed by atoms with E-state index in [-0.39, 0.29) is 12.5 Å². The van der Waals surface area contributed by atoms with E-state index in [1.54, 1.807) is 0 Å². The van der Waals surface area contributed by atoms with Gasteiger partial charge in [-0.25, -0.2) is 0 Å². The summed E-state index contributed by atoms with van der Waals surface area (Å²) in [5.41, 5.74) is 5.20. The lowest BCUT2D eigenvalue weighted by atomic mass is 10.1. The molecule has 1 amide bonds. The Morgan fingerprint density at radius 3 is 2.55 bits per heavy atom. The van der Waals surface area contributed by atoms with E-state index in [0.29, 0.717) is 5.75 Å². The summed E-state index contributed by atoms with van der Waals surface area (Å²) in [6, 6.07) is 9.86. The van der Waals surface area contributed by atoms with Crippen LogP contribution in [0.5, 0.6) is 5.75 Å². The van der Waals surface area contributed by atoms with E-state index in [1.165, 1.54) is 0 Å². The van der Waals surface area contributed by atoms with E-state index in [1.807, 2.05) is 58.0 Å². The topological polar surface area (TPSA) is 38.3 Å². The monoisotopic (exact) mass is 361 g/mol. The van der Waals surface area contributed by atoms with Crippen molar-refractivity contribution in [2.24, 2.45) is 0 Å².